The predicted molar refractivity (Wildman–Crippen MR) is 91.1 cm³/mol. The molecule has 0 atom stereocenters. The SMILES string of the molecule is Cc1c(Cl)cc(-c2ccc(=O)n(CN3CCOCC3)n2)cc1Cl. The van der Waals surface area contributed by atoms with Gasteiger partial charge in [0.15, 0.2) is 0 Å². The maximum absolute atomic E-state index is 12.1. The quantitative estimate of drug-likeness (QED) is 0.851. The zero-order valence-corrected chi connectivity index (χ0v) is 14.3. The third-order valence-electron chi connectivity index (χ3n) is 3.88. The van der Waals surface area contributed by atoms with Crippen LogP contribution in [0.2, 0.25) is 10.0 Å². The average molecular weight is 354 g/mol. The average Bonchev–Trinajstić information content (AvgIpc) is 2.55. The smallest absolute Gasteiger partial charge is 0.268 e. The fourth-order valence-electron chi connectivity index (χ4n) is 2.43. The van der Waals surface area contributed by atoms with Crippen LogP contribution < -0.4 is 5.56 Å². The lowest BCUT2D eigenvalue weighted by molar-refractivity contribution is 0.0205. The van der Waals surface area contributed by atoms with E-state index in [1.165, 1.54) is 10.7 Å². The number of ether oxygens (including phenoxy) is 1. The number of benzene rings is 1. The molecular weight excluding hydrogens is 337 g/mol. The fourth-order valence-corrected chi connectivity index (χ4v) is 2.92. The second-order valence-electron chi connectivity index (χ2n) is 5.49. The molecule has 1 aliphatic heterocycles. The van der Waals surface area contributed by atoms with E-state index in [0.717, 1.165) is 24.2 Å². The summed E-state index contributed by atoms with van der Waals surface area (Å²) in [5.41, 5.74) is 2.16. The van der Waals surface area contributed by atoms with Crippen LogP contribution in [0.25, 0.3) is 11.3 Å². The first-order valence-electron chi connectivity index (χ1n) is 7.39. The number of hydrogen-bond acceptors (Lipinski definition) is 4. The van der Waals surface area contributed by atoms with E-state index < -0.39 is 0 Å². The summed E-state index contributed by atoms with van der Waals surface area (Å²) < 4.78 is 6.78. The van der Waals surface area contributed by atoms with Crippen LogP contribution in [0.4, 0.5) is 0 Å². The molecule has 0 radical (unpaired) electrons. The van der Waals surface area contributed by atoms with Crippen LogP contribution in [0.15, 0.2) is 29.1 Å². The van der Waals surface area contributed by atoms with Crippen molar-refractivity contribution in [3.8, 4) is 11.3 Å². The van der Waals surface area contributed by atoms with Gasteiger partial charge in [-0.15, -0.1) is 0 Å². The van der Waals surface area contributed by atoms with Gasteiger partial charge in [0.2, 0.25) is 0 Å². The standard InChI is InChI=1S/C16H17Cl2N3O2/c1-11-13(17)8-12(9-14(11)18)15-2-3-16(22)21(19-15)10-20-4-6-23-7-5-20/h2-3,8-9H,4-7,10H2,1H3. The Kier molecular flexibility index (Phi) is 5.02. The van der Waals surface area contributed by atoms with Gasteiger partial charge < -0.3 is 4.74 Å². The number of aromatic nitrogens is 2. The van der Waals surface area contributed by atoms with Gasteiger partial charge in [0.25, 0.3) is 5.56 Å². The Labute approximate surface area is 144 Å². The van der Waals surface area contributed by atoms with E-state index in [0.29, 0.717) is 35.6 Å². The molecule has 7 heteroatoms. The molecule has 0 aliphatic carbocycles. The maximum Gasteiger partial charge on any atom is 0.268 e. The van der Waals surface area contributed by atoms with Gasteiger partial charge in [0, 0.05) is 34.8 Å². The lowest BCUT2D eigenvalue weighted by Gasteiger charge is -2.26. The first-order chi connectivity index (χ1) is 11.0. The highest BCUT2D eigenvalue weighted by molar-refractivity contribution is 6.36. The molecule has 0 N–H and O–H groups in total. The van der Waals surface area contributed by atoms with Gasteiger partial charge in [0.05, 0.1) is 25.6 Å². The van der Waals surface area contributed by atoms with Gasteiger partial charge in [-0.05, 0) is 30.7 Å². The van der Waals surface area contributed by atoms with Crippen molar-refractivity contribution in [2.24, 2.45) is 0 Å². The molecule has 2 heterocycles. The first kappa shape index (κ1) is 16.5. The normalized spacial score (nSPS) is 15.8. The van der Waals surface area contributed by atoms with Gasteiger partial charge in [-0.25, -0.2) is 4.68 Å². The molecular formula is C16H17Cl2N3O2. The van der Waals surface area contributed by atoms with Crippen molar-refractivity contribution < 1.29 is 4.74 Å². The van der Waals surface area contributed by atoms with Gasteiger partial charge >= 0.3 is 0 Å². The molecule has 3 rings (SSSR count). The minimum Gasteiger partial charge on any atom is -0.379 e. The lowest BCUT2D eigenvalue weighted by atomic mass is 10.1. The van der Waals surface area contributed by atoms with Gasteiger partial charge in [-0.2, -0.15) is 5.10 Å². The second-order valence-corrected chi connectivity index (χ2v) is 6.31. The van der Waals surface area contributed by atoms with Crippen molar-refractivity contribution in [2.45, 2.75) is 13.6 Å². The third-order valence-corrected chi connectivity index (χ3v) is 4.67. The highest BCUT2D eigenvalue weighted by Gasteiger charge is 2.13. The monoisotopic (exact) mass is 353 g/mol. The van der Waals surface area contributed by atoms with Crippen LogP contribution in [0.5, 0.6) is 0 Å². The summed E-state index contributed by atoms with van der Waals surface area (Å²) in [4.78, 5) is 14.2. The highest BCUT2D eigenvalue weighted by atomic mass is 35.5. The topological polar surface area (TPSA) is 47.4 Å². The molecule has 2 aromatic rings. The molecule has 0 spiro atoms. The number of rotatable bonds is 3. The highest BCUT2D eigenvalue weighted by Crippen LogP contribution is 2.29. The summed E-state index contributed by atoms with van der Waals surface area (Å²) in [6.45, 7) is 5.25. The Balaban J connectivity index is 1.92. The summed E-state index contributed by atoms with van der Waals surface area (Å²) in [6, 6.07) is 6.84. The largest absolute Gasteiger partial charge is 0.379 e. The van der Waals surface area contributed by atoms with E-state index in [1.54, 1.807) is 6.07 Å². The minimum atomic E-state index is -0.135. The van der Waals surface area contributed by atoms with E-state index in [4.69, 9.17) is 27.9 Å². The van der Waals surface area contributed by atoms with Crippen molar-refractivity contribution in [1.29, 1.82) is 0 Å². The molecule has 5 nitrogen and oxygen atoms in total. The second kappa shape index (κ2) is 7.01. The minimum absolute atomic E-state index is 0.135. The molecule has 1 fully saturated rings. The summed E-state index contributed by atoms with van der Waals surface area (Å²) in [6.07, 6.45) is 0. The van der Waals surface area contributed by atoms with Crippen LogP contribution in [0.3, 0.4) is 0 Å². The van der Waals surface area contributed by atoms with Crippen molar-refractivity contribution in [2.75, 3.05) is 26.3 Å². The Morgan fingerprint density at radius 1 is 1.17 bits per heavy atom. The molecule has 1 aromatic carbocycles. The van der Waals surface area contributed by atoms with Crippen LogP contribution in [-0.2, 0) is 11.4 Å². The Morgan fingerprint density at radius 3 is 2.48 bits per heavy atom. The fraction of sp³-hybridized carbons (Fsp3) is 0.375. The van der Waals surface area contributed by atoms with Crippen molar-refractivity contribution in [3.05, 3.63) is 50.2 Å². The molecule has 0 unspecified atom stereocenters. The predicted octanol–water partition coefficient (Wildman–Crippen LogP) is 2.82. The van der Waals surface area contributed by atoms with E-state index >= 15 is 0 Å². The van der Waals surface area contributed by atoms with E-state index in [1.807, 2.05) is 19.1 Å². The molecule has 1 saturated heterocycles. The molecule has 122 valence electrons. The van der Waals surface area contributed by atoms with Crippen molar-refractivity contribution in [1.82, 2.24) is 14.7 Å². The van der Waals surface area contributed by atoms with Crippen LogP contribution in [0, 0.1) is 6.92 Å². The maximum atomic E-state index is 12.1. The Hall–Kier alpha value is -1.40. The zero-order chi connectivity index (χ0) is 16.4. The van der Waals surface area contributed by atoms with Gasteiger partial charge in [0.1, 0.15) is 0 Å². The summed E-state index contributed by atoms with van der Waals surface area (Å²) in [5, 5.41) is 5.62. The van der Waals surface area contributed by atoms with E-state index in [9.17, 15) is 4.79 Å². The number of halogens is 2. The van der Waals surface area contributed by atoms with Crippen LogP contribution >= 0.6 is 23.2 Å². The number of hydrogen-bond donors (Lipinski definition) is 0. The molecule has 1 aromatic heterocycles. The first-order valence-corrected chi connectivity index (χ1v) is 8.14. The zero-order valence-electron chi connectivity index (χ0n) is 12.8. The van der Waals surface area contributed by atoms with Gasteiger partial charge in [-0.1, -0.05) is 23.2 Å². The summed E-state index contributed by atoms with van der Waals surface area (Å²) in [5.74, 6) is 0. The summed E-state index contributed by atoms with van der Waals surface area (Å²) >= 11 is 12.4. The molecule has 0 bridgehead atoms. The van der Waals surface area contributed by atoms with E-state index in [2.05, 4.69) is 10.00 Å². The summed E-state index contributed by atoms with van der Waals surface area (Å²) in [7, 11) is 0. The number of morpholine rings is 1. The van der Waals surface area contributed by atoms with Crippen molar-refractivity contribution >= 4 is 23.2 Å². The van der Waals surface area contributed by atoms with Crippen LogP contribution in [0.1, 0.15) is 5.56 Å². The van der Waals surface area contributed by atoms with Crippen LogP contribution in [-0.4, -0.2) is 41.0 Å². The number of nitrogens with zero attached hydrogens (tertiary/aromatic N) is 3. The van der Waals surface area contributed by atoms with E-state index in [-0.39, 0.29) is 5.56 Å². The molecule has 23 heavy (non-hydrogen) atoms. The Bertz CT molecular complexity index is 747. The van der Waals surface area contributed by atoms with Gasteiger partial charge in [-0.3, -0.25) is 9.69 Å². The Morgan fingerprint density at radius 2 is 1.83 bits per heavy atom. The molecule has 0 saturated carbocycles. The third kappa shape index (κ3) is 3.75. The molecule has 1 aliphatic rings. The van der Waals surface area contributed by atoms with Crippen molar-refractivity contribution in [3.63, 3.8) is 0 Å². The lowest BCUT2D eigenvalue weighted by Crippen LogP contribution is -2.40. The molecule has 0 amide bonds.